The van der Waals surface area contributed by atoms with E-state index in [1.165, 1.54) is 43.1 Å². The highest BCUT2D eigenvalue weighted by Crippen LogP contribution is 2.39. The van der Waals surface area contributed by atoms with Crippen LogP contribution >= 0.6 is 11.6 Å². The van der Waals surface area contributed by atoms with Gasteiger partial charge in [0.15, 0.2) is 0 Å². The maximum absolute atomic E-state index is 6.70. The molecule has 4 aromatic heterocycles. The third kappa shape index (κ3) is 12.8. The van der Waals surface area contributed by atoms with Crippen molar-refractivity contribution in [1.29, 1.82) is 0 Å². The first-order valence-electron chi connectivity index (χ1n) is 36.5. The Morgan fingerprint density at radius 2 is 0.343 bits per heavy atom. The number of fused-ring (bicyclic) bond motifs is 12. The second-order valence-corrected chi connectivity index (χ2v) is 27.7. The van der Waals surface area contributed by atoms with Crippen LogP contribution in [0.5, 0.6) is 34.5 Å². The number of hydrogen-bond acceptors (Lipinski definition) is 6. The Kier molecular flexibility index (Phi) is 17.3. The van der Waals surface area contributed by atoms with Crippen LogP contribution in [0.25, 0.3) is 110 Å². The summed E-state index contributed by atoms with van der Waals surface area (Å²) in [5, 5.41) is 9.79. The van der Waals surface area contributed by atoms with Gasteiger partial charge in [0.25, 0.3) is 0 Å². The highest BCUT2D eigenvalue weighted by Gasteiger charge is 2.19. The predicted octanol–water partition coefficient (Wildman–Crippen LogP) is 24.3. The highest BCUT2D eigenvalue weighted by molar-refractivity contribution is 6.17. The van der Waals surface area contributed by atoms with Crippen LogP contribution in [0.4, 0.5) is 0 Å². The predicted molar refractivity (Wildman–Crippen MR) is 438 cm³/mol. The van der Waals surface area contributed by atoms with E-state index < -0.39 is 0 Å². The van der Waals surface area contributed by atoms with Crippen LogP contribution in [-0.2, 0) is 45.5 Å². The lowest BCUT2D eigenvalue weighted by molar-refractivity contribution is 0.276. The fourth-order valence-electron chi connectivity index (χ4n) is 15.4. The maximum Gasteiger partial charge on any atom is 0.123 e. The molecule has 11 heteroatoms. The van der Waals surface area contributed by atoms with Crippen molar-refractivity contribution in [2.45, 2.75) is 45.5 Å². The summed E-state index contributed by atoms with van der Waals surface area (Å²) in [5.41, 5.74) is 20.3. The molecule has 0 unspecified atom stereocenters. The van der Waals surface area contributed by atoms with E-state index in [-0.39, 0.29) is 19.1 Å². The minimum Gasteiger partial charge on any atom is -0.489 e. The third-order valence-electron chi connectivity index (χ3n) is 20.5. The van der Waals surface area contributed by atoms with Gasteiger partial charge in [-0.1, -0.05) is 194 Å². The first kappa shape index (κ1) is 65.4. The molecule has 108 heavy (non-hydrogen) atoms. The number of hydrogen-bond donors (Lipinski definition) is 0. The standard InChI is InChI=1S/C97H71ClN4O6/c98-58-69-49-76(107-63-70-51-78(103-59-65-33-41-72(42-34-65)99-90-25-9-1-17-82(90)83-18-2-10-26-91(83)99)56-79(52-70)104-60-66-35-43-73(44-36-66)100-92-27-11-3-19-84(92)85-20-4-12-28-93(85)100)55-77(50-69)108-64-71-53-80(105-61-67-37-45-74(46-38-67)101-94-29-13-5-21-86(94)87-22-6-14-30-95(87)101)57-81(54-71)106-62-68-39-47-75(48-40-68)102-96-31-15-7-23-88(96)89-24-8-16-32-97(89)102/h1-57H,58-64H2. The van der Waals surface area contributed by atoms with Crippen molar-refractivity contribution in [3.63, 3.8) is 0 Å². The summed E-state index contributed by atoms with van der Waals surface area (Å²) < 4.78 is 49.4. The lowest BCUT2D eigenvalue weighted by Crippen LogP contribution is -2.03. The van der Waals surface area contributed by atoms with Crippen molar-refractivity contribution in [3.8, 4) is 57.2 Å². The van der Waals surface area contributed by atoms with Gasteiger partial charge in [0, 0.05) is 89.9 Å². The molecule has 19 aromatic rings. The Labute approximate surface area is 629 Å². The van der Waals surface area contributed by atoms with Crippen LogP contribution in [-0.4, -0.2) is 18.3 Å². The van der Waals surface area contributed by atoms with Crippen LogP contribution in [0.1, 0.15) is 38.9 Å². The summed E-state index contributed by atoms with van der Waals surface area (Å²) in [5.74, 6) is 4.03. The molecule has 0 aliphatic heterocycles. The summed E-state index contributed by atoms with van der Waals surface area (Å²) in [6.07, 6.45) is 0. The first-order valence-corrected chi connectivity index (χ1v) is 37.0. The van der Waals surface area contributed by atoms with E-state index in [1.54, 1.807) is 0 Å². The zero-order valence-electron chi connectivity index (χ0n) is 59.0. The molecule has 0 N–H and O–H groups in total. The number of rotatable bonds is 23. The number of aromatic nitrogens is 4. The average molecular weight is 1420 g/mol. The van der Waals surface area contributed by atoms with Crippen LogP contribution in [0.2, 0.25) is 0 Å². The van der Waals surface area contributed by atoms with Gasteiger partial charge in [-0.3, -0.25) is 0 Å². The third-order valence-corrected chi connectivity index (χ3v) is 20.8. The summed E-state index contributed by atoms with van der Waals surface area (Å²) in [4.78, 5) is 0. The molecule has 0 fully saturated rings. The Morgan fingerprint density at radius 1 is 0.176 bits per heavy atom. The van der Waals surface area contributed by atoms with Crippen LogP contribution in [0, 0.1) is 0 Å². The fraction of sp³-hybridized carbons (Fsp3) is 0.0722. The van der Waals surface area contributed by atoms with Crippen molar-refractivity contribution >= 4 is 98.8 Å². The number of para-hydroxylation sites is 8. The molecule has 0 atom stereocenters. The normalized spacial score (nSPS) is 11.6. The van der Waals surface area contributed by atoms with Gasteiger partial charge in [0.2, 0.25) is 0 Å². The molecule has 0 radical (unpaired) electrons. The highest BCUT2D eigenvalue weighted by atomic mass is 35.5. The molecule has 0 aliphatic rings. The Bertz CT molecular complexity index is 5590. The molecule has 15 aromatic carbocycles. The quantitative estimate of drug-likeness (QED) is 0.0594. The van der Waals surface area contributed by atoms with Crippen LogP contribution < -0.4 is 28.4 Å². The molecule has 10 nitrogen and oxygen atoms in total. The number of ether oxygens (including phenoxy) is 6. The summed E-state index contributed by atoms with van der Waals surface area (Å²) >= 11 is 6.67. The van der Waals surface area contributed by atoms with E-state index in [2.05, 4.69) is 309 Å². The van der Waals surface area contributed by atoms with Crippen molar-refractivity contribution in [1.82, 2.24) is 18.3 Å². The molecule has 19 rings (SSSR count). The molecule has 0 saturated carbocycles. The first-order chi connectivity index (χ1) is 53.4. The maximum atomic E-state index is 6.70. The smallest absolute Gasteiger partial charge is 0.123 e. The van der Waals surface area contributed by atoms with E-state index in [4.69, 9.17) is 40.0 Å². The monoisotopic (exact) mass is 1420 g/mol. The SMILES string of the molecule is ClCc1cc(OCc2cc(OCc3ccc(-n4c5ccccc5c5ccccc54)cc3)cc(OCc3ccc(-n4c5ccccc5c5ccccc54)cc3)c2)cc(OCc2cc(OCc3ccc(-n4c5ccccc5c5ccccc54)cc3)cc(OCc3ccc(-n4c5ccccc5c5ccccc54)cc3)c2)c1. The Morgan fingerprint density at radius 3 is 0.528 bits per heavy atom. The van der Waals surface area contributed by atoms with Gasteiger partial charge in [-0.05, 0) is 172 Å². The Hall–Kier alpha value is -13.4. The fourth-order valence-corrected chi connectivity index (χ4v) is 15.6. The minimum atomic E-state index is 0.200. The summed E-state index contributed by atoms with van der Waals surface area (Å²) in [6, 6.07) is 121. The molecule has 0 bridgehead atoms. The van der Waals surface area contributed by atoms with Gasteiger partial charge >= 0.3 is 0 Å². The number of alkyl halides is 1. The van der Waals surface area contributed by atoms with E-state index in [1.807, 2.05) is 54.6 Å². The van der Waals surface area contributed by atoms with Gasteiger partial charge in [0.1, 0.15) is 74.1 Å². The van der Waals surface area contributed by atoms with E-state index in [0.717, 1.165) is 106 Å². The molecule has 0 amide bonds. The Balaban J connectivity index is 0.577. The number of nitrogens with zero attached hydrogens (tertiary/aromatic N) is 4. The second kappa shape index (κ2) is 28.6. The van der Waals surface area contributed by atoms with Crippen molar-refractivity contribution in [2.75, 3.05) is 0 Å². The van der Waals surface area contributed by atoms with Gasteiger partial charge in [-0.2, -0.15) is 0 Å². The topological polar surface area (TPSA) is 75.1 Å². The zero-order chi connectivity index (χ0) is 71.9. The molecule has 0 spiro atoms. The van der Waals surface area contributed by atoms with Crippen LogP contribution in [0.15, 0.2) is 346 Å². The molecular weight excluding hydrogens is 1350 g/mol. The van der Waals surface area contributed by atoms with Crippen molar-refractivity contribution in [3.05, 3.63) is 385 Å². The molecule has 0 aliphatic carbocycles. The summed E-state index contributed by atoms with van der Waals surface area (Å²) in [7, 11) is 0. The van der Waals surface area contributed by atoms with E-state index in [0.29, 0.717) is 60.9 Å². The van der Waals surface area contributed by atoms with Gasteiger partial charge < -0.3 is 46.7 Å². The minimum absolute atomic E-state index is 0.200. The van der Waals surface area contributed by atoms with Gasteiger partial charge in [-0.15, -0.1) is 11.6 Å². The second-order valence-electron chi connectivity index (χ2n) is 27.4. The molecule has 522 valence electrons. The zero-order valence-corrected chi connectivity index (χ0v) is 59.7. The van der Waals surface area contributed by atoms with Crippen molar-refractivity contribution < 1.29 is 28.4 Å². The van der Waals surface area contributed by atoms with Crippen molar-refractivity contribution in [2.24, 2.45) is 0 Å². The molecule has 4 heterocycles. The van der Waals surface area contributed by atoms with E-state index in [9.17, 15) is 0 Å². The lowest BCUT2D eigenvalue weighted by atomic mass is 10.2. The van der Waals surface area contributed by atoms with E-state index >= 15 is 0 Å². The van der Waals surface area contributed by atoms with Crippen LogP contribution in [0.3, 0.4) is 0 Å². The summed E-state index contributed by atoms with van der Waals surface area (Å²) in [6.45, 7) is 1.74. The average Bonchev–Trinajstić information content (AvgIpc) is 1.62. The lowest BCUT2D eigenvalue weighted by Gasteiger charge is -2.16. The molecular formula is C97H71ClN4O6. The number of halogens is 1. The molecule has 0 saturated heterocycles. The largest absolute Gasteiger partial charge is 0.489 e. The van der Waals surface area contributed by atoms with Gasteiger partial charge in [-0.25, -0.2) is 0 Å². The van der Waals surface area contributed by atoms with Gasteiger partial charge in [0.05, 0.1) is 44.1 Å². The number of benzene rings is 15.